The van der Waals surface area contributed by atoms with Crippen LogP contribution < -0.4 is 10.5 Å². The molecular formula is C20H44N2OSi4. The van der Waals surface area contributed by atoms with Gasteiger partial charge in [0, 0.05) is 5.54 Å². The van der Waals surface area contributed by atoms with Crippen molar-refractivity contribution >= 4 is 30.8 Å². The highest BCUT2D eigenvalue weighted by atomic mass is 29.6. The Labute approximate surface area is 172 Å². The van der Waals surface area contributed by atoms with Gasteiger partial charge in [-0.3, -0.25) is 10.5 Å². The highest BCUT2D eigenvalue weighted by Crippen LogP contribution is 2.40. The van der Waals surface area contributed by atoms with Crippen LogP contribution in [0.25, 0.3) is 0 Å². The SMILES string of the molecule is CC(C)(C)NN[Si](C(O[Si](C)(C)C)c1ccccc1)([Si](C)(C)C)[Si](C)(C)C. The van der Waals surface area contributed by atoms with Crippen LogP contribution in [0.1, 0.15) is 32.1 Å². The van der Waals surface area contributed by atoms with Crippen LogP contribution in [0.5, 0.6) is 0 Å². The van der Waals surface area contributed by atoms with E-state index in [9.17, 15) is 0 Å². The fourth-order valence-corrected chi connectivity index (χ4v) is 49.0. The lowest BCUT2D eigenvalue weighted by Gasteiger charge is -2.56. The molecule has 0 saturated carbocycles. The lowest BCUT2D eigenvalue weighted by Crippen LogP contribution is -2.86. The topological polar surface area (TPSA) is 33.3 Å². The highest BCUT2D eigenvalue weighted by Gasteiger charge is 2.61. The van der Waals surface area contributed by atoms with Crippen molar-refractivity contribution in [3.8, 4) is 0 Å². The van der Waals surface area contributed by atoms with Crippen molar-refractivity contribution in [2.75, 3.05) is 0 Å². The Morgan fingerprint density at radius 2 is 1.22 bits per heavy atom. The zero-order valence-electron chi connectivity index (χ0n) is 19.9. The van der Waals surface area contributed by atoms with Crippen LogP contribution in [0.2, 0.25) is 58.9 Å². The van der Waals surface area contributed by atoms with Crippen molar-refractivity contribution in [1.29, 1.82) is 0 Å². The first-order valence-corrected chi connectivity index (χ1v) is 24.7. The quantitative estimate of drug-likeness (QED) is 0.396. The fraction of sp³-hybridized carbons (Fsp3) is 0.700. The normalized spacial score (nSPS) is 15.7. The van der Waals surface area contributed by atoms with Gasteiger partial charge >= 0.3 is 0 Å². The molecule has 156 valence electrons. The maximum atomic E-state index is 7.08. The van der Waals surface area contributed by atoms with E-state index in [4.69, 9.17) is 4.43 Å². The van der Waals surface area contributed by atoms with E-state index in [2.05, 4.69) is 121 Å². The smallest absolute Gasteiger partial charge is 0.184 e. The van der Waals surface area contributed by atoms with Crippen LogP contribution in [0.15, 0.2) is 30.3 Å². The van der Waals surface area contributed by atoms with Gasteiger partial charge in [0.05, 0.1) is 20.9 Å². The molecule has 1 rings (SSSR count). The number of benzene rings is 1. The third-order valence-corrected chi connectivity index (χ3v) is 42.7. The molecular weight excluding hydrogens is 397 g/mol. The molecule has 0 aromatic heterocycles. The summed E-state index contributed by atoms with van der Waals surface area (Å²) in [5.41, 5.74) is 5.31. The molecule has 0 bridgehead atoms. The largest absolute Gasteiger partial charge is 0.412 e. The van der Waals surface area contributed by atoms with Crippen LogP contribution in [-0.2, 0) is 4.43 Å². The summed E-state index contributed by atoms with van der Waals surface area (Å²) in [4.78, 5) is 0. The molecule has 0 spiro atoms. The monoisotopic (exact) mass is 440 g/mol. The Bertz CT molecular complexity index is 582. The van der Waals surface area contributed by atoms with Crippen LogP contribution in [-0.4, -0.2) is 36.3 Å². The molecule has 3 nitrogen and oxygen atoms in total. The molecule has 1 aromatic rings. The van der Waals surface area contributed by atoms with Gasteiger partial charge < -0.3 is 4.43 Å². The number of hydrazine groups is 1. The molecule has 1 unspecified atom stereocenters. The van der Waals surface area contributed by atoms with E-state index in [-0.39, 0.29) is 11.3 Å². The van der Waals surface area contributed by atoms with Crippen LogP contribution in [0.4, 0.5) is 0 Å². The first kappa shape index (κ1) is 25.0. The lowest BCUT2D eigenvalue weighted by atomic mass is 10.1. The first-order valence-electron chi connectivity index (χ1n) is 10.2. The molecule has 7 heteroatoms. The van der Waals surface area contributed by atoms with Gasteiger partial charge in [-0.1, -0.05) is 69.6 Å². The molecule has 0 radical (unpaired) electrons. The Balaban J connectivity index is 3.72. The second-order valence-electron chi connectivity index (χ2n) is 11.8. The van der Waals surface area contributed by atoms with Gasteiger partial charge in [-0.05, 0) is 46.0 Å². The first-order chi connectivity index (χ1) is 11.9. The summed E-state index contributed by atoms with van der Waals surface area (Å²) in [6, 6.07) is 11.0. The molecule has 0 aliphatic rings. The summed E-state index contributed by atoms with van der Waals surface area (Å²) in [6.45, 7) is 29.0. The van der Waals surface area contributed by atoms with Crippen molar-refractivity contribution in [2.45, 2.75) is 91.0 Å². The molecule has 27 heavy (non-hydrogen) atoms. The van der Waals surface area contributed by atoms with Crippen molar-refractivity contribution in [1.82, 2.24) is 10.5 Å². The summed E-state index contributed by atoms with van der Waals surface area (Å²) in [6.07, 6.45) is 0. The summed E-state index contributed by atoms with van der Waals surface area (Å²) in [5, 5.41) is 4.08. The second kappa shape index (κ2) is 8.37. The molecule has 0 heterocycles. The van der Waals surface area contributed by atoms with Crippen molar-refractivity contribution in [3.05, 3.63) is 35.9 Å². The van der Waals surface area contributed by atoms with E-state index in [1.807, 2.05) is 0 Å². The van der Waals surface area contributed by atoms with Gasteiger partial charge in [-0.2, -0.15) is 0 Å². The average molecular weight is 441 g/mol. The minimum absolute atomic E-state index is 0.0257. The van der Waals surface area contributed by atoms with E-state index in [0.29, 0.717) is 0 Å². The number of nitrogens with one attached hydrogen (secondary N) is 2. The fourth-order valence-electron chi connectivity index (χ4n) is 4.03. The van der Waals surface area contributed by atoms with Crippen molar-refractivity contribution in [3.63, 3.8) is 0 Å². The molecule has 2 N–H and O–H groups in total. The minimum atomic E-state index is -2.06. The summed E-state index contributed by atoms with van der Waals surface area (Å²) >= 11 is 0. The molecule has 0 aliphatic heterocycles. The Hall–Kier alpha value is -0.0325. The van der Waals surface area contributed by atoms with Crippen LogP contribution >= 0.6 is 0 Å². The van der Waals surface area contributed by atoms with Gasteiger partial charge in [-0.25, -0.2) is 0 Å². The zero-order valence-corrected chi connectivity index (χ0v) is 23.9. The number of rotatable bonds is 8. The van der Waals surface area contributed by atoms with E-state index < -0.39 is 30.8 Å². The third kappa shape index (κ3) is 6.48. The van der Waals surface area contributed by atoms with E-state index in [1.165, 1.54) is 5.56 Å². The van der Waals surface area contributed by atoms with Gasteiger partial charge in [0.1, 0.15) is 0 Å². The van der Waals surface area contributed by atoms with E-state index in [1.54, 1.807) is 0 Å². The predicted molar refractivity (Wildman–Crippen MR) is 132 cm³/mol. The summed E-state index contributed by atoms with van der Waals surface area (Å²) in [5.74, 6) is 0. The average Bonchev–Trinajstić information content (AvgIpc) is 2.42. The van der Waals surface area contributed by atoms with Crippen LogP contribution in [0.3, 0.4) is 0 Å². The van der Waals surface area contributed by atoms with Gasteiger partial charge in [0.25, 0.3) is 0 Å². The molecule has 1 aromatic carbocycles. The lowest BCUT2D eigenvalue weighted by molar-refractivity contribution is 0.264. The van der Waals surface area contributed by atoms with Crippen molar-refractivity contribution < 1.29 is 4.43 Å². The van der Waals surface area contributed by atoms with Gasteiger partial charge in [0.15, 0.2) is 15.6 Å². The summed E-state index contributed by atoms with van der Waals surface area (Å²) < 4.78 is 7.08. The third-order valence-electron chi connectivity index (χ3n) is 4.97. The Kier molecular flexibility index (Phi) is 7.75. The van der Waals surface area contributed by atoms with Crippen LogP contribution in [0, 0.1) is 0 Å². The van der Waals surface area contributed by atoms with E-state index in [0.717, 1.165) is 0 Å². The number of hydrogen-bond acceptors (Lipinski definition) is 3. The van der Waals surface area contributed by atoms with Gasteiger partial charge in [-0.15, -0.1) is 0 Å². The Morgan fingerprint density at radius 3 is 1.56 bits per heavy atom. The molecule has 0 saturated heterocycles. The molecule has 0 aliphatic carbocycles. The molecule has 0 amide bonds. The highest BCUT2D eigenvalue weighted by molar-refractivity contribution is 7.68. The number of hydrogen-bond donors (Lipinski definition) is 2. The zero-order chi connectivity index (χ0) is 21.3. The van der Waals surface area contributed by atoms with E-state index >= 15 is 0 Å². The summed E-state index contributed by atoms with van der Waals surface area (Å²) in [7, 11) is -6.98. The standard InChI is InChI=1S/C20H44N2OSi4/c1-20(2,3)21-22-27(25(7,8)9,26(10,11)12)19(23-24(4,5)6)18-16-14-13-15-17-18/h13-17,19,21-22H,1-12H3. The Morgan fingerprint density at radius 1 is 0.778 bits per heavy atom. The second-order valence-corrected chi connectivity index (χ2v) is 42.9. The van der Waals surface area contributed by atoms with Crippen molar-refractivity contribution in [2.24, 2.45) is 0 Å². The molecule has 1 atom stereocenters. The maximum Gasteiger partial charge on any atom is 0.184 e. The molecule has 0 fully saturated rings. The predicted octanol–water partition coefficient (Wildman–Crippen LogP) is 5.79. The van der Waals surface area contributed by atoms with Gasteiger partial charge in [0.2, 0.25) is 0 Å². The maximum absolute atomic E-state index is 7.08. The minimum Gasteiger partial charge on any atom is -0.412 e.